The van der Waals surface area contributed by atoms with Crippen LogP contribution in [0.3, 0.4) is 0 Å². The van der Waals surface area contributed by atoms with Gasteiger partial charge >= 0.3 is 0 Å². The number of para-hydroxylation sites is 1. The molecule has 0 N–H and O–H groups in total. The molecule has 1 saturated heterocycles. The van der Waals surface area contributed by atoms with Crippen LogP contribution in [0.5, 0.6) is 0 Å². The average Bonchev–Trinajstić information content (AvgIpc) is 3.04. The maximum atomic E-state index is 13.3. The van der Waals surface area contributed by atoms with Crippen LogP contribution < -0.4 is 4.90 Å². The summed E-state index contributed by atoms with van der Waals surface area (Å²) in [5, 5.41) is 0. The summed E-state index contributed by atoms with van der Waals surface area (Å²) in [5.74, 6) is -0.514. The average molecular weight is 377 g/mol. The quantitative estimate of drug-likeness (QED) is 0.798. The molecule has 0 saturated carbocycles. The summed E-state index contributed by atoms with van der Waals surface area (Å²) < 4.78 is 5.31. The minimum Gasteiger partial charge on any atom is -0.378 e. The summed E-state index contributed by atoms with van der Waals surface area (Å²) >= 11 is 0. The van der Waals surface area contributed by atoms with Crippen LogP contribution >= 0.6 is 0 Å². The monoisotopic (exact) mass is 377 g/mol. The van der Waals surface area contributed by atoms with Crippen molar-refractivity contribution in [1.82, 2.24) is 9.80 Å². The molecule has 7 nitrogen and oxygen atoms in total. The summed E-state index contributed by atoms with van der Waals surface area (Å²) in [5.41, 5.74) is 2.36. The zero-order chi connectivity index (χ0) is 19.3. The second kappa shape index (κ2) is 6.45. The minimum atomic E-state index is -0.601. The van der Waals surface area contributed by atoms with Gasteiger partial charge in [0, 0.05) is 24.2 Å². The first kappa shape index (κ1) is 16.9. The number of ether oxygens (including phenoxy) is 1. The van der Waals surface area contributed by atoms with Gasteiger partial charge in [-0.25, -0.2) is 0 Å². The maximum absolute atomic E-state index is 13.3. The number of anilines is 1. The topological polar surface area (TPSA) is 70.2 Å². The molecule has 0 aliphatic carbocycles. The predicted octanol–water partition coefficient (Wildman–Crippen LogP) is 1.66. The SMILES string of the molecule is O=C(CN1C(=O)c2ccccc2N2C(=O)c3ccccc3[C@H]12)N1CCOCC1. The largest absolute Gasteiger partial charge is 0.378 e. The number of hydrogen-bond donors (Lipinski definition) is 0. The molecule has 0 aromatic heterocycles. The van der Waals surface area contributed by atoms with Crippen LogP contribution in [0.4, 0.5) is 5.69 Å². The second-order valence-corrected chi connectivity index (χ2v) is 7.08. The van der Waals surface area contributed by atoms with Gasteiger partial charge in [-0.15, -0.1) is 0 Å². The lowest BCUT2D eigenvalue weighted by atomic mass is 10.0. The van der Waals surface area contributed by atoms with Crippen molar-refractivity contribution in [3.8, 4) is 0 Å². The molecule has 3 amide bonds. The summed E-state index contributed by atoms with van der Waals surface area (Å²) in [4.78, 5) is 44.1. The van der Waals surface area contributed by atoms with Crippen molar-refractivity contribution >= 4 is 23.4 Å². The number of morpholine rings is 1. The summed E-state index contributed by atoms with van der Waals surface area (Å²) in [6, 6.07) is 14.4. The molecule has 1 fully saturated rings. The molecule has 5 rings (SSSR count). The highest BCUT2D eigenvalue weighted by Gasteiger charge is 2.48. The molecular formula is C21H19N3O4. The van der Waals surface area contributed by atoms with Crippen LogP contribution in [0.15, 0.2) is 48.5 Å². The number of rotatable bonds is 2. The first-order chi connectivity index (χ1) is 13.7. The van der Waals surface area contributed by atoms with E-state index in [1.54, 1.807) is 34.1 Å². The van der Waals surface area contributed by atoms with Crippen LogP contribution in [-0.4, -0.2) is 60.4 Å². The number of carbonyl (C=O) groups excluding carboxylic acids is 3. The fraction of sp³-hybridized carbons (Fsp3) is 0.286. The van der Waals surface area contributed by atoms with E-state index in [1.165, 1.54) is 4.90 Å². The third-order valence-electron chi connectivity index (χ3n) is 5.55. The molecule has 0 radical (unpaired) electrons. The molecule has 142 valence electrons. The van der Waals surface area contributed by atoms with Crippen LogP contribution in [0.1, 0.15) is 32.4 Å². The number of hydrogen-bond acceptors (Lipinski definition) is 4. The molecule has 0 unspecified atom stereocenters. The third kappa shape index (κ3) is 2.43. The molecule has 7 heteroatoms. The maximum Gasteiger partial charge on any atom is 0.260 e. The Morgan fingerprint density at radius 1 is 0.929 bits per heavy atom. The van der Waals surface area contributed by atoms with Gasteiger partial charge in [0.2, 0.25) is 5.91 Å². The van der Waals surface area contributed by atoms with Gasteiger partial charge in [0.25, 0.3) is 11.8 Å². The lowest BCUT2D eigenvalue weighted by Crippen LogP contribution is -2.53. The second-order valence-electron chi connectivity index (χ2n) is 7.08. The zero-order valence-electron chi connectivity index (χ0n) is 15.2. The Hall–Kier alpha value is -3.19. The van der Waals surface area contributed by atoms with Gasteiger partial charge in [0.15, 0.2) is 0 Å². The molecule has 3 aliphatic heterocycles. The van der Waals surface area contributed by atoms with Crippen LogP contribution in [0.2, 0.25) is 0 Å². The first-order valence-electron chi connectivity index (χ1n) is 9.35. The Balaban J connectivity index is 1.57. The van der Waals surface area contributed by atoms with Crippen LogP contribution in [0, 0.1) is 0 Å². The van der Waals surface area contributed by atoms with Crippen molar-refractivity contribution in [2.75, 3.05) is 37.7 Å². The van der Waals surface area contributed by atoms with Gasteiger partial charge in [-0.05, 0) is 18.2 Å². The number of carbonyl (C=O) groups is 3. The standard InChI is InChI=1S/C21H19N3O4/c25-18(22-9-11-28-12-10-22)13-23-19-14-5-1-2-6-15(14)21(27)24(19)17-8-4-3-7-16(17)20(23)26/h1-8,19H,9-13H2/t19-/m1/s1. The van der Waals surface area contributed by atoms with Gasteiger partial charge < -0.3 is 14.5 Å². The first-order valence-corrected chi connectivity index (χ1v) is 9.35. The lowest BCUT2D eigenvalue weighted by molar-refractivity contribution is -0.136. The lowest BCUT2D eigenvalue weighted by Gasteiger charge is -2.41. The smallest absolute Gasteiger partial charge is 0.260 e. The molecule has 3 heterocycles. The molecule has 3 aliphatic rings. The van der Waals surface area contributed by atoms with E-state index in [2.05, 4.69) is 0 Å². The molecule has 1 atom stereocenters. The van der Waals surface area contributed by atoms with Crippen molar-refractivity contribution in [2.45, 2.75) is 6.17 Å². The summed E-state index contributed by atoms with van der Waals surface area (Å²) in [7, 11) is 0. The number of amides is 3. The van der Waals surface area contributed by atoms with E-state index < -0.39 is 6.17 Å². The zero-order valence-corrected chi connectivity index (χ0v) is 15.2. The Morgan fingerprint density at radius 2 is 1.61 bits per heavy atom. The highest BCUT2D eigenvalue weighted by atomic mass is 16.5. The van der Waals surface area contributed by atoms with Crippen molar-refractivity contribution in [2.24, 2.45) is 0 Å². The fourth-order valence-electron chi connectivity index (χ4n) is 4.19. The van der Waals surface area contributed by atoms with E-state index in [0.29, 0.717) is 43.1 Å². The Bertz CT molecular complexity index is 983. The normalized spacial score (nSPS) is 20.7. The highest BCUT2D eigenvalue weighted by molar-refractivity contribution is 6.17. The predicted molar refractivity (Wildman–Crippen MR) is 101 cm³/mol. The number of fused-ring (bicyclic) bond motifs is 5. The van der Waals surface area contributed by atoms with Crippen molar-refractivity contribution < 1.29 is 19.1 Å². The van der Waals surface area contributed by atoms with Crippen molar-refractivity contribution in [3.05, 3.63) is 65.2 Å². The molecule has 2 aromatic carbocycles. The van der Waals surface area contributed by atoms with E-state index in [4.69, 9.17) is 4.74 Å². The van der Waals surface area contributed by atoms with Gasteiger partial charge in [-0.1, -0.05) is 30.3 Å². The third-order valence-corrected chi connectivity index (χ3v) is 5.55. The summed E-state index contributed by atoms with van der Waals surface area (Å²) in [6.07, 6.45) is -0.601. The van der Waals surface area contributed by atoms with Crippen LogP contribution in [0.25, 0.3) is 0 Å². The molecular weight excluding hydrogens is 358 g/mol. The number of nitrogens with zero attached hydrogens (tertiary/aromatic N) is 3. The Kier molecular flexibility index (Phi) is 3.91. The van der Waals surface area contributed by atoms with Gasteiger partial charge in [0.05, 0.1) is 24.5 Å². The van der Waals surface area contributed by atoms with Crippen molar-refractivity contribution in [1.29, 1.82) is 0 Å². The minimum absolute atomic E-state index is 0.0735. The van der Waals surface area contributed by atoms with E-state index in [1.807, 2.05) is 24.3 Å². The Morgan fingerprint density at radius 3 is 2.39 bits per heavy atom. The van der Waals surface area contributed by atoms with Gasteiger partial charge in [-0.2, -0.15) is 0 Å². The molecule has 0 bridgehead atoms. The Labute approximate surface area is 162 Å². The van der Waals surface area contributed by atoms with Crippen molar-refractivity contribution in [3.63, 3.8) is 0 Å². The van der Waals surface area contributed by atoms with E-state index in [9.17, 15) is 14.4 Å². The molecule has 2 aromatic rings. The van der Waals surface area contributed by atoms with Gasteiger partial charge in [0.1, 0.15) is 12.7 Å². The summed E-state index contributed by atoms with van der Waals surface area (Å²) in [6.45, 7) is 1.96. The number of benzene rings is 2. The molecule has 0 spiro atoms. The van der Waals surface area contributed by atoms with Gasteiger partial charge in [-0.3, -0.25) is 19.3 Å². The van der Waals surface area contributed by atoms with E-state index >= 15 is 0 Å². The van der Waals surface area contributed by atoms with E-state index in [-0.39, 0.29) is 24.3 Å². The van der Waals surface area contributed by atoms with E-state index in [0.717, 1.165) is 5.56 Å². The molecule has 28 heavy (non-hydrogen) atoms. The fourth-order valence-corrected chi connectivity index (χ4v) is 4.19. The van der Waals surface area contributed by atoms with Crippen LogP contribution in [-0.2, 0) is 9.53 Å². The highest BCUT2D eigenvalue weighted by Crippen LogP contribution is 2.44.